The van der Waals surface area contributed by atoms with E-state index >= 15 is 0 Å². The number of hydrogen-bond acceptors (Lipinski definition) is 5. The van der Waals surface area contributed by atoms with E-state index in [1.54, 1.807) is 32.5 Å². The number of nitrogens with one attached hydrogen (secondary N) is 1. The number of carbonyl (C=O) groups excluding carboxylic acids is 2. The molecule has 1 aromatic carbocycles. The van der Waals surface area contributed by atoms with Crippen LogP contribution in [-0.4, -0.2) is 52.0 Å². The first-order chi connectivity index (χ1) is 17.7. The van der Waals surface area contributed by atoms with Gasteiger partial charge in [0, 0.05) is 50.4 Å². The van der Waals surface area contributed by atoms with E-state index in [0.29, 0.717) is 38.3 Å². The number of benzene rings is 1. The van der Waals surface area contributed by atoms with Gasteiger partial charge in [0.1, 0.15) is 5.60 Å². The summed E-state index contributed by atoms with van der Waals surface area (Å²) in [5, 5.41) is 2.97. The van der Waals surface area contributed by atoms with Gasteiger partial charge < -0.3 is 15.0 Å². The molecule has 1 fully saturated rings. The third kappa shape index (κ3) is 6.67. The molecule has 0 aliphatic carbocycles. The van der Waals surface area contributed by atoms with Crippen molar-refractivity contribution in [3.8, 4) is 0 Å². The zero-order valence-electron chi connectivity index (χ0n) is 22.6. The summed E-state index contributed by atoms with van der Waals surface area (Å²) in [6.45, 7) is 12.6. The highest BCUT2D eigenvalue weighted by atomic mass is 31.0. The number of pyridine rings is 1. The molecule has 206 valence electrons. The van der Waals surface area contributed by atoms with Crippen molar-refractivity contribution in [3.05, 3.63) is 64.5 Å². The molecular formula is C28H37F2N4O3P. The smallest absolute Gasteiger partial charge is 0.410 e. The second kappa shape index (κ2) is 10.9. The van der Waals surface area contributed by atoms with Crippen LogP contribution < -0.4 is 5.32 Å². The monoisotopic (exact) mass is 546 g/mol. The molecule has 1 aromatic heterocycles. The molecule has 4 rings (SSSR count). The molecule has 1 N–H and O–H groups in total. The van der Waals surface area contributed by atoms with Crippen LogP contribution in [0.1, 0.15) is 73.4 Å². The fourth-order valence-corrected chi connectivity index (χ4v) is 5.19. The van der Waals surface area contributed by atoms with Crippen LogP contribution in [0, 0.1) is 11.8 Å². The van der Waals surface area contributed by atoms with Gasteiger partial charge in [-0.2, -0.15) is 8.78 Å². The lowest BCUT2D eigenvalue weighted by atomic mass is 9.99. The number of fused-ring (bicyclic) bond motifs is 1. The SMILES string of the molecule is CC(C)[C@H]1c2ncc(C(=O)NCC3CN(C(=O)OC(C)(C)C)C3)cc2CN1Cc1ccc(C(F)(F)P)cc1. The predicted molar refractivity (Wildman–Crippen MR) is 145 cm³/mol. The Labute approximate surface area is 225 Å². The van der Waals surface area contributed by atoms with Crippen LogP contribution in [0.3, 0.4) is 0 Å². The van der Waals surface area contributed by atoms with E-state index in [-0.39, 0.29) is 35.4 Å². The number of rotatable bonds is 7. The average Bonchev–Trinajstić information content (AvgIpc) is 3.13. The lowest BCUT2D eigenvalue weighted by Crippen LogP contribution is -2.54. The largest absolute Gasteiger partial charge is 0.444 e. The number of hydrogen-bond donors (Lipinski definition) is 1. The maximum atomic E-state index is 13.6. The second-order valence-corrected chi connectivity index (χ2v) is 12.4. The van der Waals surface area contributed by atoms with Crippen LogP contribution in [-0.2, 0) is 23.5 Å². The number of amides is 2. The summed E-state index contributed by atoms with van der Waals surface area (Å²) in [5.74, 6) is 0.280. The third-order valence-electron chi connectivity index (χ3n) is 6.83. The minimum atomic E-state index is -2.94. The van der Waals surface area contributed by atoms with Crippen LogP contribution in [0.2, 0.25) is 0 Å². The molecule has 2 aromatic rings. The number of halogens is 2. The number of aromatic nitrogens is 1. The quantitative estimate of drug-likeness (QED) is 0.476. The minimum Gasteiger partial charge on any atom is -0.444 e. The zero-order chi connectivity index (χ0) is 27.8. The molecule has 38 heavy (non-hydrogen) atoms. The summed E-state index contributed by atoms with van der Waals surface area (Å²) < 4.78 is 32.5. The van der Waals surface area contributed by atoms with Crippen molar-refractivity contribution in [3.63, 3.8) is 0 Å². The van der Waals surface area contributed by atoms with Crippen LogP contribution in [0.4, 0.5) is 13.6 Å². The van der Waals surface area contributed by atoms with Crippen LogP contribution >= 0.6 is 9.24 Å². The van der Waals surface area contributed by atoms with Gasteiger partial charge in [-0.15, -0.1) is 0 Å². The Kier molecular flexibility index (Phi) is 8.10. The van der Waals surface area contributed by atoms with E-state index in [1.807, 2.05) is 26.8 Å². The van der Waals surface area contributed by atoms with Gasteiger partial charge in [0.15, 0.2) is 0 Å². The van der Waals surface area contributed by atoms with Crippen LogP contribution in [0.25, 0.3) is 0 Å². The Morgan fingerprint density at radius 3 is 2.42 bits per heavy atom. The number of alkyl halides is 2. The van der Waals surface area contributed by atoms with Gasteiger partial charge in [-0.1, -0.05) is 47.4 Å². The zero-order valence-corrected chi connectivity index (χ0v) is 23.8. The van der Waals surface area contributed by atoms with E-state index in [9.17, 15) is 18.4 Å². The van der Waals surface area contributed by atoms with Crippen molar-refractivity contribution < 1.29 is 23.1 Å². The Morgan fingerprint density at radius 2 is 1.84 bits per heavy atom. The third-order valence-corrected chi connectivity index (χ3v) is 7.16. The molecule has 10 heteroatoms. The highest BCUT2D eigenvalue weighted by Crippen LogP contribution is 2.39. The van der Waals surface area contributed by atoms with E-state index in [1.165, 1.54) is 12.1 Å². The van der Waals surface area contributed by atoms with E-state index in [2.05, 4.69) is 29.0 Å². The molecule has 2 atom stereocenters. The van der Waals surface area contributed by atoms with E-state index in [0.717, 1.165) is 16.8 Å². The lowest BCUT2D eigenvalue weighted by Gasteiger charge is -2.39. The average molecular weight is 547 g/mol. The van der Waals surface area contributed by atoms with Gasteiger partial charge in [0.2, 0.25) is 0 Å². The van der Waals surface area contributed by atoms with Gasteiger partial charge >= 0.3 is 6.09 Å². The normalized spacial score (nSPS) is 18.3. The Hall–Kier alpha value is -2.64. The van der Waals surface area contributed by atoms with Crippen molar-refractivity contribution in [2.24, 2.45) is 11.8 Å². The second-order valence-electron chi connectivity index (χ2n) is 11.6. The summed E-state index contributed by atoms with van der Waals surface area (Å²) in [7, 11) is 1.57. The maximum absolute atomic E-state index is 13.6. The van der Waals surface area contributed by atoms with Gasteiger partial charge in [-0.05, 0) is 43.9 Å². The van der Waals surface area contributed by atoms with Crippen LogP contribution in [0.5, 0.6) is 0 Å². The summed E-state index contributed by atoms with van der Waals surface area (Å²) in [6.07, 6.45) is 1.29. The van der Waals surface area contributed by atoms with E-state index in [4.69, 9.17) is 4.74 Å². The fourth-order valence-electron chi connectivity index (χ4n) is 5.00. The molecular weight excluding hydrogens is 509 g/mol. The van der Waals surface area contributed by atoms with Gasteiger partial charge in [0.25, 0.3) is 11.6 Å². The standard InChI is InChI=1S/C28H37F2N4O3P/c1-17(2)24-23-21(16-33(24)13-18-6-8-22(9-7-18)28(29,30)38)10-20(12-31-23)25(35)32-11-19-14-34(15-19)26(36)37-27(3,4)5/h6-10,12,17,19,24H,11,13-16,38H2,1-5H3,(H,32,35)/t24-/m0/s1. The summed E-state index contributed by atoms with van der Waals surface area (Å²) in [5.41, 5.74) is -0.102. The molecule has 2 amide bonds. The molecule has 0 spiro atoms. The lowest BCUT2D eigenvalue weighted by molar-refractivity contribution is -0.000540. The van der Waals surface area contributed by atoms with E-state index < -0.39 is 11.3 Å². The molecule has 2 aliphatic heterocycles. The Balaban J connectivity index is 1.35. The Morgan fingerprint density at radius 1 is 1.18 bits per heavy atom. The van der Waals surface area contributed by atoms with Gasteiger partial charge in [-0.3, -0.25) is 14.7 Å². The highest BCUT2D eigenvalue weighted by Gasteiger charge is 2.36. The molecule has 2 aliphatic rings. The fraction of sp³-hybridized carbons (Fsp3) is 0.536. The first kappa shape index (κ1) is 28.4. The molecule has 3 heterocycles. The molecule has 7 nitrogen and oxygen atoms in total. The van der Waals surface area contributed by atoms with Crippen molar-refractivity contribution in [1.82, 2.24) is 20.1 Å². The first-order valence-corrected chi connectivity index (χ1v) is 13.5. The Bertz CT molecular complexity index is 1170. The molecule has 0 radical (unpaired) electrons. The summed E-state index contributed by atoms with van der Waals surface area (Å²) >= 11 is 0. The first-order valence-electron chi connectivity index (χ1n) is 13.0. The number of likely N-dealkylation sites (tertiary alicyclic amines) is 1. The highest BCUT2D eigenvalue weighted by molar-refractivity contribution is 7.17. The topological polar surface area (TPSA) is 74.8 Å². The van der Waals surface area contributed by atoms with Crippen LogP contribution in [0.15, 0.2) is 36.5 Å². The maximum Gasteiger partial charge on any atom is 0.410 e. The summed E-state index contributed by atoms with van der Waals surface area (Å²) in [6, 6.07) is 8.38. The van der Waals surface area contributed by atoms with Gasteiger partial charge in [-0.25, -0.2) is 4.79 Å². The number of carbonyl (C=O) groups is 2. The molecule has 1 unspecified atom stereocenters. The van der Waals surface area contributed by atoms with Crippen molar-refractivity contribution >= 4 is 21.2 Å². The number of nitrogens with zero attached hydrogens (tertiary/aromatic N) is 3. The van der Waals surface area contributed by atoms with Crippen molar-refractivity contribution in [2.75, 3.05) is 19.6 Å². The molecule has 0 saturated carbocycles. The van der Waals surface area contributed by atoms with Crippen molar-refractivity contribution in [2.45, 2.75) is 65.0 Å². The predicted octanol–water partition coefficient (Wildman–Crippen LogP) is 5.32. The molecule has 0 bridgehead atoms. The molecule has 1 saturated heterocycles. The van der Waals surface area contributed by atoms with Crippen molar-refractivity contribution in [1.29, 1.82) is 0 Å². The number of ether oxygens (including phenoxy) is 1. The van der Waals surface area contributed by atoms with Gasteiger partial charge in [0.05, 0.1) is 17.3 Å². The minimum absolute atomic E-state index is 0.0341. The summed E-state index contributed by atoms with van der Waals surface area (Å²) in [4.78, 5) is 33.6.